The molecule has 0 N–H and O–H groups in total. The van der Waals surface area contributed by atoms with E-state index in [1.54, 1.807) is 0 Å². The molecule has 2 fully saturated rings. The van der Waals surface area contributed by atoms with Crippen molar-refractivity contribution in [1.82, 2.24) is 0 Å². The number of rotatable bonds is 1. The second-order valence-electron chi connectivity index (χ2n) is 4.63. The van der Waals surface area contributed by atoms with Gasteiger partial charge in [-0.15, -0.1) is 11.6 Å². The van der Waals surface area contributed by atoms with E-state index in [-0.39, 0.29) is 4.87 Å². The van der Waals surface area contributed by atoms with Gasteiger partial charge in [0.2, 0.25) is 0 Å². The number of halogens is 1. The van der Waals surface area contributed by atoms with Gasteiger partial charge in [-0.2, -0.15) is 0 Å². The fourth-order valence-corrected chi connectivity index (χ4v) is 3.76. The van der Waals surface area contributed by atoms with Gasteiger partial charge in [-0.1, -0.05) is 43.2 Å². The molecule has 0 amide bonds. The van der Waals surface area contributed by atoms with Gasteiger partial charge in [0.15, 0.2) is 0 Å². The minimum absolute atomic E-state index is 0.0117. The van der Waals surface area contributed by atoms with Crippen LogP contribution in [-0.2, 0) is 4.87 Å². The minimum atomic E-state index is 0.0117. The average molecular weight is 207 g/mol. The summed E-state index contributed by atoms with van der Waals surface area (Å²) < 4.78 is 0. The molecule has 14 heavy (non-hydrogen) atoms. The molecule has 2 atom stereocenters. The molecule has 0 nitrogen and oxygen atoms in total. The Bertz CT molecular complexity index is 318. The van der Waals surface area contributed by atoms with Gasteiger partial charge in [0.1, 0.15) is 0 Å². The van der Waals surface area contributed by atoms with Gasteiger partial charge in [-0.25, -0.2) is 0 Å². The van der Waals surface area contributed by atoms with Crippen LogP contribution in [0.25, 0.3) is 0 Å². The molecular formula is C13H15Cl. The first kappa shape index (κ1) is 8.79. The van der Waals surface area contributed by atoms with Gasteiger partial charge < -0.3 is 0 Å². The molecule has 3 rings (SSSR count). The van der Waals surface area contributed by atoms with Crippen molar-refractivity contribution in [2.45, 2.75) is 30.6 Å². The summed E-state index contributed by atoms with van der Waals surface area (Å²) in [4.78, 5) is 0.0117. The average Bonchev–Trinajstić information content (AvgIpc) is 2.89. The van der Waals surface area contributed by atoms with E-state index in [9.17, 15) is 0 Å². The van der Waals surface area contributed by atoms with E-state index in [0.29, 0.717) is 0 Å². The first-order valence-corrected chi connectivity index (χ1v) is 5.95. The molecule has 1 heteroatoms. The number of hydrogen-bond acceptors (Lipinski definition) is 0. The van der Waals surface area contributed by atoms with E-state index >= 15 is 0 Å². The zero-order chi connectivity index (χ0) is 9.60. The SMILES string of the molecule is ClC1(c2ccccc2)[C@@H]2CCCC[C@H]21. The number of benzene rings is 1. The zero-order valence-corrected chi connectivity index (χ0v) is 9.00. The third-order valence-corrected chi connectivity index (χ3v) is 4.73. The van der Waals surface area contributed by atoms with Crippen molar-refractivity contribution >= 4 is 11.6 Å². The molecule has 2 aliphatic rings. The summed E-state index contributed by atoms with van der Waals surface area (Å²) in [6, 6.07) is 10.6. The van der Waals surface area contributed by atoms with Crippen LogP contribution in [0.3, 0.4) is 0 Å². The van der Waals surface area contributed by atoms with Gasteiger partial charge in [0.25, 0.3) is 0 Å². The lowest BCUT2D eigenvalue weighted by molar-refractivity contribution is 0.480. The molecule has 0 aromatic heterocycles. The molecule has 2 aliphatic carbocycles. The largest absolute Gasteiger partial charge is 0.113 e. The highest BCUT2D eigenvalue weighted by Crippen LogP contribution is 2.68. The van der Waals surface area contributed by atoms with Gasteiger partial charge >= 0.3 is 0 Å². The van der Waals surface area contributed by atoms with Crippen molar-refractivity contribution in [2.24, 2.45) is 11.8 Å². The predicted molar refractivity (Wildman–Crippen MR) is 59.4 cm³/mol. The summed E-state index contributed by atoms with van der Waals surface area (Å²) >= 11 is 6.74. The summed E-state index contributed by atoms with van der Waals surface area (Å²) in [5.74, 6) is 1.53. The van der Waals surface area contributed by atoms with Crippen LogP contribution in [0.2, 0.25) is 0 Å². The van der Waals surface area contributed by atoms with Gasteiger partial charge in [-0.05, 0) is 30.2 Å². The zero-order valence-electron chi connectivity index (χ0n) is 8.25. The van der Waals surface area contributed by atoms with Crippen LogP contribution >= 0.6 is 11.6 Å². The van der Waals surface area contributed by atoms with Crippen LogP contribution in [0.15, 0.2) is 30.3 Å². The van der Waals surface area contributed by atoms with E-state index in [2.05, 4.69) is 30.3 Å². The highest BCUT2D eigenvalue weighted by atomic mass is 35.5. The molecule has 0 heterocycles. The Kier molecular flexibility index (Phi) is 1.88. The van der Waals surface area contributed by atoms with Crippen LogP contribution in [-0.4, -0.2) is 0 Å². The van der Waals surface area contributed by atoms with Crippen LogP contribution in [0.5, 0.6) is 0 Å². The topological polar surface area (TPSA) is 0 Å². The summed E-state index contributed by atoms with van der Waals surface area (Å²) in [7, 11) is 0. The summed E-state index contributed by atoms with van der Waals surface area (Å²) in [6.07, 6.45) is 5.43. The molecule has 74 valence electrons. The number of hydrogen-bond donors (Lipinski definition) is 0. The Morgan fingerprint density at radius 1 is 1.00 bits per heavy atom. The van der Waals surface area contributed by atoms with Crippen molar-refractivity contribution < 1.29 is 0 Å². The van der Waals surface area contributed by atoms with Crippen LogP contribution in [0, 0.1) is 11.8 Å². The Morgan fingerprint density at radius 2 is 1.57 bits per heavy atom. The second kappa shape index (κ2) is 3.00. The lowest BCUT2D eigenvalue weighted by Crippen LogP contribution is -2.01. The molecular weight excluding hydrogens is 192 g/mol. The van der Waals surface area contributed by atoms with Crippen molar-refractivity contribution in [3.8, 4) is 0 Å². The molecule has 0 saturated heterocycles. The van der Waals surface area contributed by atoms with Crippen LogP contribution < -0.4 is 0 Å². The standard InChI is InChI=1S/C13H15Cl/c14-13(10-6-2-1-3-7-10)11-8-4-5-9-12(11)13/h1-3,6-7,11-12H,4-5,8-9H2/t11-,12-/m1/s1. The third-order valence-electron chi connectivity index (χ3n) is 3.95. The minimum Gasteiger partial charge on any atom is -0.113 e. The van der Waals surface area contributed by atoms with E-state index in [4.69, 9.17) is 11.6 Å². The predicted octanol–water partition coefficient (Wildman–Crippen LogP) is 3.94. The fourth-order valence-electron chi connectivity index (χ4n) is 3.17. The highest BCUT2D eigenvalue weighted by Gasteiger charge is 2.64. The molecule has 0 bridgehead atoms. The number of fused-ring (bicyclic) bond motifs is 1. The van der Waals surface area contributed by atoms with Crippen molar-refractivity contribution in [3.63, 3.8) is 0 Å². The Morgan fingerprint density at radius 3 is 2.14 bits per heavy atom. The smallest absolute Gasteiger partial charge is 0.0757 e. The molecule has 0 radical (unpaired) electrons. The molecule has 2 saturated carbocycles. The van der Waals surface area contributed by atoms with Crippen molar-refractivity contribution in [3.05, 3.63) is 35.9 Å². The Labute approximate surface area is 90.3 Å². The van der Waals surface area contributed by atoms with Crippen LogP contribution in [0.4, 0.5) is 0 Å². The van der Waals surface area contributed by atoms with Gasteiger partial charge in [0.05, 0.1) is 4.87 Å². The molecule has 0 unspecified atom stereocenters. The van der Waals surface area contributed by atoms with Crippen molar-refractivity contribution in [1.29, 1.82) is 0 Å². The quantitative estimate of drug-likeness (QED) is 0.611. The van der Waals surface area contributed by atoms with Crippen molar-refractivity contribution in [2.75, 3.05) is 0 Å². The lowest BCUT2D eigenvalue weighted by Gasteiger charge is -2.08. The first-order chi connectivity index (χ1) is 6.83. The van der Waals surface area contributed by atoms with Gasteiger partial charge in [-0.3, -0.25) is 0 Å². The highest BCUT2D eigenvalue weighted by molar-refractivity contribution is 6.26. The monoisotopic (exact) mass is 206 g/mol. The first-order valence-electron chi connectivity index (χ1n) is 5.58. The molecule has 0 aliphatic heterocycles. The maximum absolute atomic E-state index is 6.74. The summed E-state index contributed by atoms with van der Waals surface area (Å²) in [5.41, 5.74) is 1.35. The Hall–Kier alpha value is -0.490. The number of alkyl halides is 1. The van der Waals surface area contributed by atoms with Gasteiger partial charge in [0, 0.05) is 0 Å². The molecule has 0 spiro atoms. The van der Waals surface area contributed by atoms with E-state index in [0.717, 1.165) is 11.8 Å². The second-order valence-corrected chi connectivity index (χ2v) is 5.26. The molecule has 1 aromatic rings. The van der Waals surface area contributed by atoms with E-state index < -0.39 is 0 Å². The maximum Gasteiger partial charge on any atom is 0.0757 e. The summed E-state index contributed by atoms with van der Waals surface area (Å²) in [6.45, 7) is 0. The Balaban J connectivity index is 1.92. The normalized spacial score (nSPS) is 40.4. The van der Waals surface area contributed by atoms with E-state index in [1.165, 1.54) is 31.2 Å². The van der Waals surface area contributed by atoms with Crippen LogP contribution in [0.1, 0.15) is 31.2 Å². The van der Waals surface area contributed by atoms with E-state index in [1.807, 2.05) is 0 Å². The molecule has 1 aromatic carbocycles. The lowest BCUT2D eigenvalue weighted by atomic mass is 10.0. The summed E-state index contributed by atoms with van der Waals surface area (Å²) in [5, 5.41) is 0. The fraction of sp³-hybridized carbons (Fsp3) is 0.538. The maximum atomic E-state index is 6.74. The third kappa shape index (κ3) is 1.07.